The molecule has 1 heterocycles. The van der Waals surface area contributed by atoms with E-state index >= 15 is 0 Å². The summed E-state index contributed by atoms with van der Waals surface area (Å²) in [7, 11) is 1.74. The van der Waals surface area contributed by atoms with Crippen LogP contribution in [0, 0.1) is 17.8 Å². The topological polar surface area (TPSA) is 4.93 Å². The predicted molar refractivity (Wildman–Crippen MR) is 49.6 cm³/mol. The first-order valence-electron chi connectivity index (χ1n) is 4.18. The molecular formula is C11H8F2N. The number of nitrogens with zero attached hydrogens (tertiary/aromatic N) is 1. The lowest BCUT2D eigenvalue weighted by molar-refractivity contribution is 0.510. The zero-order chi connectivity index (χ0) is 10.1. The number of halogens is 2. The molecule has 2 rings (SSSR count). The van der Waals surface area contributed by atoms with Crippen LogP contribution in [0.15, 0.2) is 30.3 Å². The summed E-state index contributed by atoms with van der Waals surface area (Å²) in [5, 5.41) is 0. The largest absolute Gasteiger partial charge is 0.342 e. The number of rotatable bonds is 1. The van der Waals surface area contributed by atoms with Crippen molar-refractivity contribution >= 4 is 0 Å². The van der Waals surface area contributed by atoms with Crippen molar-refractivity contribution in [1.82, 2.24) is 4.57 Å². The Morgan fingerprint density at radius 2 is 2.00 bits per heavy atom. The molecule has 71 valence electrons. The van der Waals surface area contributed by atoms with E-state index in [-0.39, 0.29) is 5.56 Å². The highest BCUT2D eigenvalue weighted by Gasteiger charge is 2.11. The molecule has 1 radical (unpaired) electrons. The van der Waals surface area contributed by atoms with Gasteiger partial charge in [0.15, 0.2) is 11.6 Å². The van der Waals surface area contributed by atoms with Gasteiger partial charge in [-0.15, -0.1) is 0 Å². The highest BCUT2D eigenvalue weighted by atomic mass is 19.2. The quantitative estimate of drug-likeness (QED) is 0.654. The summed E-state index contributed by atoms with van der Waals surface area (Å²) in [5.74, 6) is -1.65. The molecule has 2 aromatic rings. The maximum atomic E-state index is 13.3. The summed E-state index contributed by atoms with van der Waals surface area (Å²) in [6.07, 6.45) is 2.84. The van der Waals surface area contributed by atoms with Crippen LogP contribution in [-0.2, 0) is 7.05 Å². The van der Waals surface area contributed by atoms with Crippen molar-refractivity contribution in [2.75, 3.05) is 0 Å². The van der Waals surface area contributed by atoms with Crippen LogP contribution in [0.25, 0.3) is 11.3 Å². The predicted octanol–water partition coefficient (Wildman–Crippen LogP) is 2.77. The van der Waals surface area contributed by atoms with Gasteiger partial charge < -0.3 is 4.57 Å². The van der Waals surface area contributed by atoms with E-state index in [0.717, 1.165) is 6.07 Å². The van der Waals surface area contributed by atoms with E-state index in [2.05, 4.69) is 6.20 Å². The fourth-order valence-electron chi connectivity index (χ4n) is 1.38. The summed E-state index contributed by atoms with van der Waals surface area (Å²) in [6, 6.07) is 7.49. The third kappa shape index (κ3) is 1.31. The lowest BCUT2D eigenvalue weighted by atomic mass is 10.1. The first kappa shape index (κ1) is 8.94. The standard InChI is InChI=1S/C11H8F2N/c1-14-7-3-6-10(14)8-4-2-5-9(12)11(8)13/h2-6H,1H3. The molecule has 1 aromatic heterocycles. The van der Waals surface area contributed by atoms with Gasteiger partial charge in [-0.25, -0.2) is 8.78 Å². The Morgan fingerprint density at radius 3 is 2.64 bits per heavy atom. The average Bonchev–Trinajstić information content (AvgIpc) is 2.57. The maximum Gasteiger partial charge on any atom is 0.168 e. The third-order valence-corrected chi connectivity index (χ3v) is 2.10. The Labute approximate surface area is 80.6 Å². The van der Waals surface area contributed by atoms with Crippen molar-refractivity contribution in [2.45, 2.75) is 0 Å². The van der Waals surface area contributed by atoms with Gasteiger partial charge in [-0.3, -0.25) is 0 Å². The van der Waals surface area contributed by atoms with Gasteiger partial charge in [-0.1, -0.05) is 6.07 Å². The smallest absolute Gasteiger partial charge is 0.168 e. The molecule has 14 heavy (non-hydrogen) atoms. The van der Waals surface area contributed by atoms with Crippen LogP contribution in [0.1, 0.15) is 0 Å². The van der Waals surface area contributed by atoms with Crippen molar-refractivity contribution in [1.29, 1.82) is 0 Å². The molecule has 0 N–H and O–H groups in total. The molecule has 0 spiro atoms. The zero-order valence-corrected chi connectivity index (χ0v) is 7.59. The normalized spacial score (nSPS) is 10.5. The molecule has 1 nitrogen and oxygen atoms in total. The van der Waals surface area contributed by atoms with E-state index in [1.54, 1.807) is 29.8 Å². The van der Waals surface area contributed by atoms with Crippen molar-refractivity contribution in [3.8, 4) is 11.3 Å². The van der Waals surface area contributed by atoms with Crippen molar-refractivity contribution in [3.63, 3.8) is 0 Å². The molecule has 0 amide bonds. The lowest BCUT2D eigenvalue weighted by Crippen LogP contribution is -1.94. The molecule has 0 aliphatic carbocycles. The number of benzene rings is 1. The van der Waals surface area contributed by atoms with Gasteiger partial charge >= 0.3 is 0 Å². The van der Waals surface area contributed by atoms with Gasteiger partial charge in [0.25, 0.3) is 0 Å². The van der Waals surface area contributed by atoms with E-state index in [0.29, 0.717) is 5.69 Å². The zero-order valence-electron chi connectivity index (χ0n) is 7.59. The Hall–Kier alpha value is -1.64. The van der Waals surface area contributed by atoms with Gasteiger partial charge in [-0.05, 0) is 24.3 Å². The highest BCUT2D eigenvalue weighted by molar-refractivity contribution is 5.60. The summed E-state index contributed by atoms with van der Waals surface area (Å²) in [5.41, 5.74) is 0.871. The highest BCUT2D eigenvalue weighted by Crippen LogP contribution is 2.23. The SMILES string of the molecule is Cn1[c]ccc1-c1cccc(F)c1F. The fraction of sp³-hybridized carbons (Fsp3) is 0.0909. The number of hydrogen-bond donors (Lipinski definition) is 0. The van der Waals surface area contributed by atoms with E-state index in [1.807, 2.05) is 0 Å². The summed E-state index contributed by atoms with van der Waals surface area (Å²) in [6.45, 7) is 0. The molecule has 0 saturated heterocycles. The summed E-state index contributed by atoms with van der Waals surface area (Å²) >= 11 is 0. The lowest BCUT2D eigenvalue weighted by Gasteiger charge is -2.04. The van der Waals surface area contributed by atoms with Gasteiger partial charge in [-0.2, -0.15) is 0 Å². The Bertz CT molecular complexity index is 460. The Kier molecular flexibility index (Phi) is 2.08. The van der Waals surface area contributed by atoms with Gasteiger partial charge in [0.1, 0.15) is 0 Å². The summed E-state index contributed by atoms with van der Waals surface area (Å²) < 4.78 is 27.9. The van der Waals surface area contributed by atoms with Gasteiger partial charge in [0.05, 0.1) is 11.9 Å². The van der Waals surface area contributed by atoms with Gasteiger partial charge in [0.2, 0.25) is 0 Å². The van der Waals surface area contributed by atoms with Crippen molar-refractivity contribution in [2.24, 2.45) is 7.05 Å². The van der Waals surface area contributed by atoms with Crippen LogP contribution in [0.3, 0.4) is 0 Å². The minimum Gasteiger partial charge on any atom is -0.342 e. The fourth-order valence-corrected chi connectivity index (χ4v) is 1.38. The minimum atomic E-state index is -0.830. The molecule has 1 aromatic carbocycles. The van der Waals surface area contributed by atoms with Gasteiger partial charge in [0, 0.05) is 12.6 Å². The first-order valence-corrected chi connectivity index (χ1v) is 4.18. The van der Waals surface area contributed by atoms with Crippen LogP contribution in [0.4, 0.5) is 8.78 Å². The van der Waals surface area contributed by atoms with Crippen molar-refractivity contribution < 1.29 is 8.78 Å². The Balaban J connectivity index is 2.63. The monoisotopic (exact) mass is 192 g/mol. The van der Waals surface area contributed by atoms with Crippen molar-refractivity contribution in [3.05, 3.63) is 48.2 Å². The van der Waals surface area contributed by atoms with E-state index in [9.17, 15) is 8.78 Å². The molecule has 0 atom stereocenters. The molecule has 0 bridgehead atoms. The average molecular weight is 192 g/mol. The van der Waals surface area contributed by atoms with Crippen LogP contribution >= 0.6 is 0 Å². The van der Waals surface area contributed by atoms with Crippen LogP contribution in [-0.4, -0.2) is 4.57 Å². The van der Waals surface area contributed by atoms with Crippen LogP contribution in [0.5, 0.6) is 0 Å². The minimum absolute atomic E-state index is 0.258. The van der Waals surface area contributed by atoms with E-state index < -0.39 is 11.6 Å². The van der Waals surface area contributed by atoms with Crippen LogP contribution in [0.2, 0.25) is 0 Å². The first-order chi connectivity index (χ1) is 6.70. The molecule has 0 saturated carbocycles. The van der Waals surface area contributed by atoms with Crippen LogP contribution < -0.4 is 0 Å². The number of aromatic nitrogens is 1. The third-order valence-electron chi connectivity index (χ3n) is 2.10. The molecular weight excluding hydrogens is 184 g/mol. The second-order valence-electron chi connectivity index (χ2n) is 3.01. The van der Waals surface area contributed by atoms with E-state index in [4.69, 9.17) is 0 Å². The van der Waals surface area contributed by atoms with E-state index in [1.165, 1.54) is 6.07 Å². The molecule has 0 unspecified atom stereocenters. The molecule has 0 fully saturated rings. The summed E-state index contributed by atoms with van der Waals surface area (Å²) in [4.78, 5) is 0. The second kappa shape index (κ2) is 3.25. The molecule has 0 aliphatic rings. The number of aryl methyl sites for hydroxylation is 1. The molecule has 3 heteroatoms. The second-order valence-corrected chi connectivity index (χ2v) is 3.01. The molecule has 0 aliphatic heterocycles. The number of hydrogen-bond acceptors (Lipinski definition) is 0. The maximum absolute atomic E-state index is 13.3. The Morgan fingerprint density at radius 1 is 1.21 bits per heavy atom.